The molecule has 154 valence electrons. The number of hydrogen-bond acceptors (Lipinski definition) is 4. The van der Waals surface area contributed by atoms with Crippen LogP contribution in [0, 0.1) is 0 Å². The number of nitrogens with zero attached hydrogens (tertiary/aromatic N) is 2. The maximum atomic E-state index is 13.4. The summed E-state index contributed by atoms with van der Waals surface area (Å²) in [5.74, 6) is 1.50. The molecule has 0 bridgehead atoms. The van der Waals surface area contributed by atoms with Crippen molar-refractivity contribution < 1.29 is 9.53 Å². The summed E-state index contributed by atoms with van der Waals surface area (Å²) < 4.78 is 5.61. The maximum Gasteiger partial charge on any atom is 0.233 e. The van der Waals surface area contributed by atoms with E-state index in [4.69, 9.17) is 4.74 Å². The van der Waals surface area contributed by atoms with Gasteiger partial charge in [-0.05, 0) is 88.0 Å². The zero-order chi connectivity index (χ0) is 19.2. The molecule has 4 rings (SSSR count). The molecule has 0 atom stereocenters. The van der Waals surface area contributed by atoms with E-state index in [1.165, 1.54) is 55.1 Å². The third kappa shape index (κ3) is 4.58. The highest BCUT2D eigenvalue weighted by Crippen LogP contribution is 2.38. The van der Waals surface area contributed by atoms with Crippen LogP contribution in [-0.4, -0.2) is 67.4 Å². The number of amides is 1. The minimum absolute atomic E-state index is 0.333. The van der Waals surface area contributed by atoms with E-state index in [9.17, 15) is 4.79 Å². The van der Waals surface area contributed by atoms with Crippen molar-refractivity contribution in [1.29, 1.82) is 0 Å². The predicted octanol–water partition coefficient (Wildman–Crippen LogP) is 3.94. The Hall–Kier alpha value is -1.04. The van der Waals surface area contributed by atoms with Crippen LogP contribution >= 0.6 is 11.8 Å². The van der Waals surface area contributed by atoms with Crippen LogP contribution in [0.4, 0.5) is 0 Å². The maximum absolute atomic E-state index is 13.4. The van der Waals surface area contributed by atoms with Gasteiger partial charge in [0.25, 0.3) is 0 Å². The van der Waals surface area contributed by atoms with Gasteiger partial charge < -0.3 is 14.5 Å². The van der Waals surface area contributed by atoms with Gasteiger partial charge in [-0.1, -0.05) is 12.1 Å². The average molecular weight is 403 g/mol. The smallest absolute Gasteiger partial charge is 0.233 e. The standard InChI is InChI=1S/C23H34N2O2S/c26-22(25-15-3-4-16-25)23(10-17-27-18-11-23)20-6-8-21(9-7-20)28-19-5-14-24-12-1-2-13-24/h6-9H,1-5,10-19H2. The van der Waals surface area contributed by atoms with E-state index in [2.05, 4.69) is 34.1 Å². The fraction of sp³-hybridized carbons (Fsp3) is 0.696. The van der Waals surface area contributed by atoms with Gasteiger partial charge in [0, 0.05) is 31.2 Å². The third-order valence-electron chi connectivity index (χ3n) is 6.64. The summed E-state index contributed by atoms with van der Waals surface area (Å²) in [6, 6.07) is 8.87. The van der Waals surface area contributed by atoms with Gasteiger partial charge in [0.2, 0.25) is 5.91 Å². The summed E-state index contributed by atoms with van der Waals surface area (Å²) >= 11 is 1.95. The van der Waals surface area contributed by atoms with Gasteiger partial charge in [-0.15, -0.1) is 11.8 Å². The summed E-state index contributed by atoms with van der Waals surface area (Å²) in [5.41, 5.74) is 0.816. The van der Waals surface area contributed by atoms with Gasteiger partial charge in [0.05, 0.1) is 5.41 Å². The second-order valence-electron chi connectivity index (χ2n) is 8.47. The van der Waals surface area contributed by atoms with Crippen molar-refractivity contribution in [1.82, 2.24) is 9.80 Å². The number of thioether (sulfide) groups is 1. The minimum atomic E-state index is -0.373. The van der Waals surface area contributed by atoms with Crippen molar-refractivity contribution in [2.45, 2.75) is 55.3 Å². The Morgan fingerprint density at radius 2 is 1.61 bits per heavy atom. The van der Waals surface area contributed by atoms with Crippen molar-refractivity contribution in [3.63, 3.8) is 0 Å². The molecule has 1 aromatic rings. The molecule has 3 fully saturated rings. The van der Waals surface area contributed by atoms with Crippen LogP contribution < -0.4 is 0 Å². The fourth-order valence-corrected chi connectivity index (χ4v) is 5.76. The highest BCUT2D eigenvalue weighted by atomic mass is 32.2. The van der Waals surface area contributed by atoms with Gasteiger partial charge in [-0.3, -0.25) is 4.79 Å². The van der Waals surface area contributed by atoms with Gasteiger partial charge in [-0.2, -0.15) is 0 Å². The summed E-state index contributed by atoms with van der Waals surface area (Å²) in [5, 5.41) is 0. The van der Waals surface area contributed by atoms with Crippen molar-refractivity contribution in [2.24, 2.45) is 0 Å². The second kappa shape index (κ2) is 9.64. The normalized spacial score (nSPS) is 22.6. The Morgan fingerprint density at radius 3 is 2.29 bits per heavy atom. The molecule has 28 heavy (non-hydrogen) atoms. The molecule has 0 aromatic heterocycles. The van der Waals surface area contributed by atoms with E-state index in [0.29, 0.717) is 19.1 Å². The molecule has 0 N–H and O–H groups in total. The lowest BCUT2D eigenvalue weighted by Crippen LogP contribution is -2.49. The van der Waals surface area contributed by atoms with Crippen LogP contribution in [0.25, 0.3) is 0 Å². The Balaban J connectivity index is 1.37. The highest BCUT2D eigenvalue weighted by molar-refractivity contribution is 7.99. The molecule has 5 heteroatoms. The molecule has 3 heterocycles. The quantitative estimate of drug-likeness (QED) is 0.511. The van der Waals surface area contributed by atoms with Gasteiger partial charge in [0.1, 0.15) is 0 Å². The first-order valence-electron chi connectivity index (χ1n) is 11.1. The van der Waals surface area contributed by atoms with E-state index in [1.54, 1.807) is 0 Å². The molecule has 0 spiro atoms. The average Bonchev–Trinajstić information content (AvgIpc) is 3.46. The van der Waals surface area contributed by atoms with E-state index < -0.39 is 0 Å². The van der Waals surface area contributed by atoms with Crippen LogP contribution in [0.1, 0.15) is 50.5 Å². The first-order valence-corrected chi connectivity index (χ1v) is 12.1. The minimum Gasteiger partial charge on any atom is -0.381 e. The first kappa shape index (κ1) is 20.2. The van der Waals surface area contributed by atoms with Crippen LogP contribution in [0.15, 0.2) is 29.2 Å². The molecule has 1 amide bonds. The molecular formula is C23H34N2O2S. The zero-order valence-corrected chi connectivity index (χ0v) is 17.9. The third-order valence-corrected chi connectivity index (χ3v) is 7.74. The summed E-state index contributed by atoms with van der Waals surface area (Å²) in [4.78, 5) is 19.4. The monoisotopic (exact) mass is 402 g/mol. The number of likely N-dealkylation sites (tertiary alicyclic amines) is 2. The van der Waals surface area contributed by atoms with Crippen molar-refractivity contribution in [3.8, 4) is 0 Å². The fourth-order valence-electron chi connectivity index (χ4n) is 4.92. The van der Waals surface area contributed by atoms with Crippen LogP contribution in [0.5, 0.6) is 0 Å². The molecule has 3 aliphatic heterocycles. The molecule has 0 saturated carbocycles. The van der Waals surface area contributed by atoms with E-state index >= 15 is 0 Å². The summed E-state index contributed by atoms with van der Waals surface area (Å²) in [6.45, 7) is 7.03. The van der Waals surface area contributed by atoms with E-state index in [-0.39, 0.29) is 5.41 Å². The number of ether oxygens (including phenoxy) is 1. The SMILES string of the molecule is O=C(N1CCCC1)C1(c2ccc(SCCCN3CCCC3)cc2)CCOCC1. The number of hydrogen-bond donors (Lipinski definition) is 0. The van der Waals surface area contributed by atoms with Crippen LogP contribution in [0.3, 0.4) is 0 Å². The molecule has 0 unspecified atom stereocenters. The summed E-state index contributed by atoms with van der Waals surface area (Å²) in [7, 11) is 0. The molecule has 3 aliphatic rings. The molecule has 3 saturated heterocycles. The number of carbonyl (C=O) groups excluding carboxylic acids is 1. The van der Waals surface area contributed by atoms with Crippen LogP contribution in [0.2, 0.25) is 0 Å². The first-order chi connectivity index (χ1) is 13.8. The number of rotatable bonds is 7. The predicted molar refractivity (Wildman–Crippen MR) is 115 cm³/mol. The van der Waals surface area contributed by atoms with Crippen LogP contribution in [-0.2, 0) is 14.9 Å². The Bertz CT molecular complexity index is 631. The molecule has 0 radical (unpaired) electrons. The van der Waals surface area contributed by atoms with E-state index in [0.717, 1.165) is 38.8 Å². The zero-order valence-electron chi connectivity index (χ0n) is 17.0. The largest absolute Gasteiger partial charge is 0.381 e. The lowest BCUT2D eigenvalue weighted by molar-refractivity contribution is -0.140. The Labute approximate surface area is 174 Å². The molecule has 0 aliphatic carbocycles. The van der Waals surface area contributed by atoms with Crippen molar-refractivity contribution >= 4 is 17.7 Å². The van der Waals surface area contributed by atoms with Gasteiger partial charge >= 0.3 is 0 Å². The van der Waals surface area contributed by atoms with Crippen molar-refractivity contribution in [3.05, 3.63) is 29.8 Å². The summed E-state index contributed by atoms with van der Waals surface area (Å²) in [6.07, 6.45) is 7.90. The topological polar surface area (TPSA) is 32.8 Å². The lowest BCUT2D eigenvalue weighted by atomic mass is 9.73. The van der Waals surface area contributed by atoms with Gasteiger partial charge in [0.15, 0.2) is 0 Å². The number of benzene rings is 1. The Morgan fingerprint density at radius 1 is 0.964 bits per heavy atom. The lowest BCUT2D eigenvalue weighted by Gasteiger charge is -2.39. The molecular weight excluding hydrogens is 368 g/mol. The van der Waals surface area contributed by atoms with Crippen molar-refractivity contribution in [2.75, 3.05) is 51.7 Å². The number of carbonyl (C=O) groups is 1. The molecule has 4 nitrogen and oxygen atoms in total. The van der Waals surface area contributed by atoms with Gasteiger partial charge in [-0.25, -0.2) is 0 Å². The second-order valence-corrected chi connectivity index (χ2v) is 9.64. The highest BCUT2D eigenvalue weighted by Gasteiger charge is 2.44. The molecule has 1 aromatic carbocycles. The Kier molecular flexibility index (Phi) is 6.97. The van der Waals surface area contributed by atoms with E-state index in [1.807, 2.05) is 11.8 Å².